The summed E-state index contributed by atoms with van der Waals surface area (Å²) in [7, 11) is 0. The average Bonchev–Trinajstić information content (AvgIpc) is 2.34. The summed E-state index contributed by atoms with van der Waals surface area (Å²) in [5, 5.41) is 10.1. The van der Waals surface area contributed by atoms with E-state index < -0.39 is 0 Å². The number of hydrogen-bond donors (Lipinski definition) is 1. The van der Waals surface area contributed by atoms with Crippen LogP contribution < -0.4 is 9.80 Å². The normalized spacial score (nSPS) is 15.4. The summed E-state index contributed by atoms with van der Waals surface area (Å²) in [5.74, 6) is 0.410. The van der Waals surface area contributed by atoms with Gasteiger partial charge in [0.25, 0.3) is 0 Å². The van der Waals surface area contributed by atoms with Gasteiger partial charge >= 0.3 is 0 Å². The van der Waals surface area contributed by atoms with E-state index in [0.717, 1.165) is 18.7 Å². The van der Waals surface area contributed by atoms with Gasteiger partial charge in [-0.25, -0.2) is 0 Å². The molecule has 1 aromatic carbocycles. The number of anilines is 2. The maximum Gasteiger partial charge on any atom is 0.120 e. The summed E-state index contributed by atoms with van der Waals surface area (Å²) in [4.78, 5) is 4.84. The first-order valence-electron chi connectivity index (χ1n) is 7.21. The first-order chi connectivity index (χ1) is 8.84. The lowest BCUT2D eigenvalue weighted by Crippen LogP contribution is -2.47. The molecule has 2 rings (SSSR count). The lowest BCUT2D eigenvalue weighted by atomic mass is 9.99. The van der Waals surface area contributed by atoms with Crippen molar-refractivity contribution < 1.29 is 5.11 Å². The minimum atomic E-state index is 0.410. The van der Waals surface area contributed by atoms with Gasteiger partial charge in [-0.3, -0.25) is 0 Å². The van der Waals surface area contributed by atoms with Crippen molar-refractivity contribution in [3.05, 3.63) is 17.2 Å². The van der Waals surface area contributed by atoms with Crippen LogP contribution in [0.25, 0.3) is 0 Å². The lowest BCUT2D eigenvalue weighted by molar-refractivity contribution is 0.469. The Hall–Kier alpha value is -1.38. The fourth-order valence-corrected chi connectivity index (χ4v) is 2.95. The highest BCUT2D eigenvalue weighted by Crippen LogP contribution is 2.42. The van der Waals surface area contributed by atoms with E-state index in [2.05, 4.69) is 44.4 Å². The minimum absolute atomic E-state index is 0.410. The van der Waals surface area contributed by atoms with Crippen molar-refractivity contribution in [3.63, 3.8) is 0 Å². The van der Waals surface area contributed by atoms with Crippen molar-refractivity contribution >= 4 is 11.4 Å². The number of phenolic OH excluding ortho intramolecular Hbond substituents is 1. The van der Waals surface area contributed by atoms with E-state index >= 15 is 0 Å². The molecule has 0 spiro atoms. The predicted molar refractivity (Wildman–Crippen MR) is 82.5 cm³/mol. The molecular formula is C16H26N2O. The summed E-state index contributed by atoms with van der Waals surface area (Å²) in [6, 6.07) is 2.87. The fourth-order valence-electron chi connectivity index (χ4n) is 2.95. The maximum atomic E-state index is 10.1. The van der Waals surface area contributed by atoms with Crippen molar-refractivity contribution in [1.82, 2.24) is 0 Å². The Labute approximate surface area is 116 Å². The highest BCUT2D eigenvalue weighted by Gasteiger charge is 2.28. The molecule has 0 saturated heterocycles. The molecule has 106 valence electrons. The molecule has 0 saturated carbocycles. The minimum Gasteiger partial charge on any atom is -0.508 e. The third kappa shape index (κ3) is 2.26. The first-order valence-corrected chi connectivity index (χ1v) is 7.21. The highest BCUT2D eigenvalue weighted by atomic mass is 16.3. The van der Waals surface area contributed by atoms with Crippen LogP contribution in [-0.2, 0) is 0 Å². The smallest absolute Gasteiger partial charge is 0.120 e. The number of nitrogens with zero attached hydrogens (tertiary/aromatic N) is 2. The van der Waals surface area contributed by atoms with Gasteiger partial charge in [-0.15, -0.1) is 0 Å². The second-order valence-electron chi connectivity index (χ2n) is 6.09. The topological polar surface area (TPSA) is 26.7 Å². The van der Waals surface area contributed by atoms with Crippen LogP contribution >= 0.6 is 0 Å². The Balaban J connectivity index is 2.64. The molecule has 0 unspecified atom stereocenters. The largest absolute Gasteiger partial charge is 0.508 e. The molecule has 0 atom stereocenters. The van der Waals surface area contributed by atoms with Crippen LogP contribution in [-0.4, -0.2) is 30.3 Å². The number of hydrogen-bond acceptors (Lipinski definition) is 3. The number of aromatic hydroxyl groups is 1. The van der Waals surface area contributed by atoms with Crippen molar-refractivity contribution in [1.29, 1.82) is 0 Å². The second kappa shape index (κ2) is 4.95. The van der Waals surface area contributed by atoms with Crippen LogP contribution in [0, 0.1) is 13.8 Å². The van der Waals surface area contributed by atoms with E-state index in [9.17, 15) is 5.11 Å². The summed E-state index contributed by atoms with van der Waals surface area (Å²) in [5.41, 5.74) is 4.67. The number of phenols is 1. The van der Waals surface area contributed by atoms with Gasteiger partial charge in [-0.2, -0.15) is 0 Å². The van der Waals surface area contributed by atoms with Gasteiger partial charge in [-0.1, -0.05) is 0 Å². The third-order valence-electron chi connectivity index (χ3n) is 4.24. The summed E-state index contributed by atoms with van der Waals surface area (Å²) >= 11 is 0. The molecule has 1 aliphatic rings. The molecule has 3 nitrogen and oxygen atoms in total. The van der Waals surface area contributed by atoms with Crippen LogP contribution in [0.5, 0.6) is 5.75 Å². The van der Waals surface area contributed by atoms with Crippen LogP contribution in [0.3, 0.4) is 0 Å². The van der Waals surface area contributed by atoms with Crippen LogP contribution in [0.15, 0.2) is 6.07 Å². The van der Waals surface area contributed by atoms with Crippen LogP contribution in [0.1, 0.15) is 38.8 Å². The molecule has 0 bridgehead atoms. The molecule has 0 fully saturated rings. The molecule has 0 aromatic heterocycles. The highest BCUT2D eigenvalue weighted by molar-refractivity contribution is 5.80. The monoisotopic (exact) mass is 262 g/mol. The second-order valence-corrected chi connectivity index (χ2v) is 6.09. The van der Waals surface area contributed by atoms with Gasteiger partial charge in [0.2, 0.25) is 0 Å². The maximum absolute atomic E-state index is 10.1. The van der Waals surface area contributed by atoms with E-state index in [1.54, 1.807) is 0 Å². The van der Waals surface area contributed by atoms with Gasteiger partial charge in [0.05, 0.1) is 11.4 Å². The molecule has 1 aliphatic heterocycles. The number of fused-ring (bicyclic) bond motifs is 1. The first kappa shape index (κ1) is 14.0. The molecule has 0 radical (unpaired) electrons. The average molecular weight is 262 g/mol. The number of benzene rings is 1. The van der Waals surface area contributed by atoms with Crippen molar-refractivity contribution in [2.45, 2.75) is 53.6 Å². The summed E-state index contributed by atoms with van der Waals surface area (Å²) in [6.07, 6.45) is 0. The molecule has 19 heavy (non-hydrogen) atoms. The van der Waals surface area contributed by atoms with Crippen molar-refractivity contribution in [3.8, 4) is 5.75 Å². The Morgan fingerprint density at radius 1 is 0.947 bits per heavy atom. The third-order valence-corrected chi connectivity index (χ3v) is 4.24. The van der Waals surface area contributed by atoms with Gasteiger partial charge in [0.1, 0.15) is 5.75 Å². The molecule has 1 aromatic rings. The number of rotatable bonds is 2. The molecule has 3 heteroatoms. The van der Waals surface area contributed by atoms with Gasteiger partial charge in [0.15, 0.2) is 0 Å². The predicted octanol–water partition coefficient (Wildman–Crippen LogP) is 3.45. The van der Waals surface area contributed by atoms with Gasteiger partial charge in [-0.05, 0) is 52.7 Å². The molecule has 0 amide bonds. The molecular weight excluding hydrogens is 236 g/mol. The summed E-state index contributed by atoms with van der Waals surface area (Å²) in [6.45, 7) is 15.1. The zero-order chi connectivity index (χ0) is 14.3. The Bertz CT molecular complexity index is 480. The SMILES string of the molecule is Cc1c(O)cc2c(c1C)N(C(C)C)CCN2C(C)C. The van der Waals surface area contributed by atoms with Crippen LogP contribution in [0.4, 0.5) is 11.4 Å². The van der Waals surface area contributed by atoms with E-state index in [-0.39, 0.29) is 0 Å². The van der Waals surface area contributed by atoms with E-state index in [0.29, 0.717) is 17.8 Å². The Morgan fingerprint density at radius 3 is 2.00 bits per heavy atom. The Kier molecular flexibility index (Phi) is 3.66. The van der Waals surface area contributed by atoms with Crippen molar-refractivity contribution in [2.75, 3.05) is 22.9 Å². The molecule has 1 heterocycles. The zero-order valence-electron chi connectivity index (χ0n) is 13.0. The van der Waals surface area contributed by atoms with Gasteiger partial charge in [0, 0.05) is 31.2 Å². The van der Waals surface area contributed by atoms with Gasteiger partial charge < -0.3 is 14.9 Å². The van der Waals surface area contributed by atoms with Crippen LogP contribution in [0.2, 0.25) is 0 Å². The van der Waals surface area contributed by atoms with Crippen molar-refractivity contribution in [2.24, 2.45) is 0 Å². The van der Waals surface area contributed by atoms with E-state index in [1.165, 1.54) is 16.9 Å². The fraction of sp³-hybridized carbons (Fsp3) is 0.625. The van der Waals surface area contributed by atoms with E-state index in [1.807, 2.05) is 13.0 Å². The summed E-state index contributed by atoms with van der Waals surface area (Å²) < 4.78 is 0. The molecule has 0 aliphatic carbocycles. The van der Waals surface area contributed by atoms with E-state index in [4.69, 9.17) is 0 Å². The standard InChI is InChI=1S/C16H26N2O/c1-10(2)17-7-8-18(11(3)4)16-13(6)12(5)15(19)9-14(16)17/h9-11,19H,7-8H2,1-6H3. The Morgan fingerprint density at radius 2 is 1.47 bits per heavy atom. The lowest BCUT2D eigenvalue weighted by Gasteiger charge is -2.44. The zero-order valence-corrected chi connectivity index (χ0v) is 13.0. The molecule has 1 N–H and O–H groups in total. The quantitative estimate of drug-likeness (QED) is 0.884.